The topological polar surface area (TPSA) is 90.7 Å². The molecular formula is C21H29N3O4S. The van der Waals surface area contributed by atoms with Crippen LogP contribution in [0.4, 0.5) is 0 Å². The number of amides is 1. The number of piperidine rings is 1. The third-order valence-electron chi connectivity index (χ3n) is 5.72. The normalized spacial score (nSPS) is 18.9. The molecule has 2 aliphatic heterocycles. The highest BCUT2D eigenvalue weighted by atomic mass is 32.2. The van der Waals surface area contributed by atoms with Crippen molar-refractivity contribution in [1.82, 2.24) is 9.21 Å². The number of carbonyl (C=O) groups is 1. The predicted octanol–water partition coefficient (Wildman–Crippen LogP) is 2.70. The Hall–Kier alpha value is -1.95. The minimum absolute atomic E-state index is 0.00746. The third-order valence-corrected chi connectivity index (χ3v) is 7.77. The number of benzene rings is 1. The smallest absolute Gasteiger partial charge is 0.254 e. The molecule has 8 heteroatoms. The quantitative estimate of drug-likeness (QED) is 0.707. The van der Waals surface area contributed by atoms with Crippen LogP contribution in [0.5, 0.6) is 0 Å². The number of nitriles is 1. The highest BCUT2D eigenvalue weighted by molar-refractivity contribution is 7.89. The largest absolute Gasteiger partial charge is 0.381 e. The van der Waals surface area contributed by atoms with E-state index in [1.807, 2.05) is 0 Å². The zero-order valence-electron chi connectivity index (χ0n) is 17.0. The Bertz CT molecular complexity index is 866. The third kappa shape index (κ3) is 4.97. The summed E-state index contributed by atoms with van der Waals surface area (Å²) in [5.41, 5.74) is 0.998. The van der Waals surface area contributed by atoms with Crippen LogP contribution in [-0.2, 0) is 14.8 Å². The predicted molar refractivity (Wildman–Crippen MR) is 109 cm³/mol. The fourth-order valence-electron chi connectivity index (χ4n) is 4.04. The van der Waals surface area contributed by atoms with Crippen LogP contribution in [0.2, 0.25) is 0 Å². The molecule has 3 rings (SSSR count). The van der Waals surface area contributed by atoms with Gasteiger partial charge in [-0.1, -0.05) is 12.5 Å². The zero-order chi connectivity index (χ0) is 20.9. The second kappa shape index (κ2) is 9.70. The summed E-state index contributed by atoms with van der Waals surface area (Å²) in [4.78, 5) is 15.2. The molecule has 2 fully saturated rings. The minimum atomic E-state index is -3.63. The minimum Gasteiger partial charge on any atom is -0.381 e. The first-order chi connectivity index (χ1) is 13.9. The van der Waals surface area contributed by atoms with E-state index in [1.165, 1.54) is 10.4 Å². The Labute approximate surface area is 173 Å². The number of ether oxygens (including phenoxy) is 1. The van der Waals surface area contributed by atoms with E-state index in [1.54, 1.807) is 24.0 Å². The van der Waals surface area contributed by atoms with Crippen LogP contribution in [-0.4, -0.2) is 62.4 Å². The number of aryl methyl sites for hydroxylation is 1. The summed E-state index contributed by atoms with van der Waals surface area (Å²) in [6, 6.07) is 7.02. The molecule has 0 unspecified atom stereocenters. The van der Waals surface area contributed by atoms with Gasteiger partial charge in [-0.2, -0.15) is 9.57 Å². The van der Waals surface area contributed by atoms with Gasteiger partial charge in [0.25, 0.3) is 5.91 Å². The van der Waals surface area contributed by atoms with Crippen LogP contribution >= 0.6 is 0 Å². The van der Waals surface area contributed by atoms with E-state index < -0.39 is 10.0 Å². The summed E-state index contributed by atoms with van der Waals surface area (Å²) in [7, 11) is -3.63. The average molecular weight is 420 g/mol. The molecule has 1 aromatic carbocycles. The second-order valence-corrected chi connectivity index (χ2v) is 9.60. The molecule has 158 valence electrons. The first-order valence-corrected chi connectivity index (χ1v) is 11.8. The van der Waals surface area contributed by atoms with E-state index in [9.17, 15) is 13.2 Å². The van der Waals surface area contributed by atoms with E-state index in [0.29, 0.717) is 44.0 Å². The van der Waals surface area contributed by atoms with Crippen molar-refractivity contribution in [1.29, 1.82) is 5.26 Å². The van der Waals surface area contributed by atoms with Crippen LogP contribution in [0.25, 0.3) is 0 Å². The lowest BCUT2D eigenvalue weighted by atomic mass is 10.0. The molecule has 2 saturated heterocycles. The van der Waals surface area contributed by atoms with Crippen LogP contribution < -0.4 is 0 Å². The molecule has 0 N–H and O–H groups in total. The van der Waals surface area contributed by atoms with Crippen LogP contribution in [0.15, 0.2) is 23.1 Å². The first kappa shape index (κ1) is 21.8. The zero-order valence-corrected chi connectivity index (χ0v) is 17.8. The Morgan fingerprint density at radius 1 is 1.24 bits per heavy atom. The van der Waals surface area contributed by atoms with E-state index in [0.717, 1.165) is 32.1 Å². The standard InChI is InChI=1S/C21H29N3O4S/c1-17-6-7-18(16-20(17)29(26,27)23-11-3-2-4-12-23)21(25)24(13-5-10-22)19-8-14-28-15-9-19/h6-7,16,19H,2-5,8-9,11-15H2,1H3. The van der Waals surface area contributed by atoms with Crippen molar-refractivity contribution in [2.45, 2.75) is 56.4 Å². The molecule has 2 aliphatic rings. The first-order valence-electron chi connectivity index (χ1n) is 10.3. The number of rotatable bonds is 6. The maximum Gasteiger partial charge on any atom is 0.254 e. The van der Waals surface area contributed by atoms with Crippen molar-refractivity contribution in [3.63, 3.8) is 0 Å². The SMILES string of the molecule is Cc1ccc(C(=O)N(CCC#N)C2CCOCC2)cc1S(=O)(=O)N1CCCCC1. The summed E-state index contributed by atoms with van der Waals surface area (Å²) in [5.74, 6) is -0.220. The van der Waals surface area contributed by atoms with Gasteiger partial charge in [0.05, 0.1) is 17.4 Å². The summed E-state index contributed by atoms with van der Waals surface area (Å²) < 4.78 is 33.3. The lowest BCUT2D eigenvalue weighted by molar-refractivity contribution is 0.0296. The van der Waals surface area contributed by atoms with Gasteiger partial charge in [-0.25, -0.2) is 8.42 Å². The van der Waals surface area contributed by atoms with Gasteiger partial charge < -0.3 is 9.64 Å². The van der Waals surface area contributed by atoms with Gasteiger partial charge in [0, 0.05) is 44.5 Å². The van der Waals surface area contributed by atoms with Gasteiger partial charge >= 0.3 is 0 Å². The Morgan fingerprint density at radius 3 is 2.59 bits per heavy atom. The van der Waals surface area contributed by atoms with Gasteiger partial charge in [0.1, 0.15) is 0 Å². The van der Waals surface area contributed by atoms with Crippen molar-refractivity contribution < 1.29 is 17.9 Å². The van der Waals surface area contributed by atoms with Gasteiger partial charge in [0.2, 0.25) is 10.0 Å². The monoisotopic (exact) mass is 419 g/mol. The molecule has 1 amide bonds. The lowest BCUT2D eigenvalue weighted by Crippen LogP contribution is -2.44. The molecule has 0 radical (unpaired) electrons. The molecule has 29 heavy (non-hydrogen) atoms. The molecular weight excluding hydrogens is 390 g/mol. The van der Waals surface area contributed by atoms with Gasteiger partial charge in [0.15, 0.2) is 0 Å². The summed E-state index contributed by atoms with van der Waals surface area (Å²) in [6.07, 6.45) is 4.46. The number of sulfonamides is 1. The molecule has 1 aromatic rings. The number of hydrogen-bond acceptors (Lipinski definition) is 5. The van der Waals surface area contributed by atoms with E-state index >= 15 is 0 Å². The summed E-state index contributed by atoms with van der Waals surface area (Å²) >= 11 is 0. The molecule has 0 saturated carbocycles. The van der Waals surface area contributed by atoms with Crippen molar-refractivity contribution in [3.8, 4) is 6.07 Å². The van der Waals surface area contributed by atoms with Crippen molar-refractivity contribution >= 4 is 15.9 Å². The van der Waals surface area contributed by atoms with Crippen LogP contribution in [0.1, 0.15) is 54.4 Å². The molecule has 2 heterocycles. The molecule has 0 spiro atoms. The van der Waals surface area contributed by atoms with Crippen molar-refractivity contribution in [2.24, 2.45) is 0 Å². The highest BCUT2D eigenvalue weighted by Crippen LogP contribution is 2.26. The fourth-order valence-corrected chi connectivity index (χ4v) is 5.81. The average Bonchev–Trinajstić information content (AvgIpc) is 2.75. The molecule has 0 bridgehead atoms. The molecule has 7 nitrogen and oxygen atoms in total. The molecule has 0 atom stereocenters. The fraction of sp³-hybridized carbons (Fsp3) is 0.619. The van der Waals surface area contributed by atoms with Crippen LogP contribution in [0, 0.1) is 18.3 Å². The van der Waals surface area contributed by atoms with Crippen LogP contribution in [0.3, 0.4) is 0 Å². The van der Waals surface area contributed by atoms with Gasteiger partial charge in [-0.05, 0) is 50.3 Å². The molecule has 0 aromatic heterocycles. The van der Waals surface area contributed by atoms with E-state index in [4.69, 9.17) is 10.00 Å². The van der Waals surface area contributed by atoms with Crippen molar-refractivity contribution in [3.05, 3.63) is 29.3 Å². The maximum absolute atomic E-state index is 13.3. The second-order valence-electron chi connectivity index (χ2n) is 7.70. The lowest BCUT2D eigenvalue weighted by Gasteiger charge is -2.34. The highest BCUT2D eigenvalue weighted by Gasteiger charge is 2.30. The number of carbonyl (C=O) groups excluding carboxylic acids is 1. The Morgan fingerprint density at radius 2 is 1.93 bits per heavy atom. The maximum atomic E-state index is 13.3. The van der Waals surface area contributed by atoms with Gasteiger partial charge in [-0.3, -0.25) is 4.79 Å². The Balaban J connectivity index is 1.90. The Kier molecular flexibility index (Phi) is 7.28. The van der Waals surface area contributed by atoms with E-state index in [-0.39, 0.29) is 23.3 Å². The van der Waals surface area contributed by atoms with E-state index in [2.05, 4.69) is 6.07 Å². The molecule has 0 aliphatic carbocycles. The number of hydrogen-bond donors (Lipinski definition) is 0. The summed E-state index contributed by atoms with van der Waals surface area (Å²) in [5, 5.41) is 9.00. The summed E-state index contributed by atoms with van der Waals surface area (Å²) in [6.45, 7) is 4.32. The number of nitrogens with zero attached hydrogens (tertiary/aromatic N) is 3. The van der Waals surface area contributed by atoms with Gasteiger partial charge in [-0.15, -0.1) is 0 Å². The van der Waals surface area contributed by atoms with Crippen molar-refractivity contribution in [2.75, 3.05) is 32.8 Å².